The Bertz CT molecular complexity index is 1050. The molecule has 3 rings (SSSR count). The molecule has 162 valence electrons. The molecule has 31 heavy (non-hydrogen) atoms. The van der Waals surface area contributed by atoms with Crippen molar-refractivity contribution in [2.75, 3.05) is 13.2 Å². The van der Waals surface area contributed by atoms with Crippen LogP contribution in [0.2, 0.25) is 0 Å². The van der Waals surface area contributed by atoms with Crippen molar-refractivity contribution in [3.05, 3.63) is 77.9 Å². The van der Waals surface area contributed by atoms with E-state index in [9.17, 15) is 22.8 Å². The van der Waals surface area contributed by atoms with E-state index >= 15 is 0 Å². The van der Waals surface area contributed by atoms with Crippen molar-refractivity contribution in [2.24, 2.45) is 0 Å². The zero-order valence-electron chi connectivity index (χ0n) is 16.5. The monoisotopic (exact) mass is 430 g/mol. The van der Waals surface area contributed by atoms with Gasteiger partial charge in [0.1, 0.15) is 5.75 Å². The topological polar surface area (TPSA) is 67.4 Å². The van der Waals surface area contributed by atoms with Gasteiger partial charge in [0.2, 0.25) is 5.91 Å². The van der Waals surface area contributed by atoms with Crippen molar-refractivity contribution in [3.63, 3.8) is 0 Å². The first-order chi connectivity index (χ1) is 14.8. The number of carbonyl (C=O) groups is 2. The second-order valence-corrected chi connectivity index (χ2v) is 6.89. The lowest BCUT2D eigenvalue weighted by atomic mass is 10.1. The van der Waals surface area contributed by atoms with Crippen molar-refractivity contribution in [2.45, 2.75) is 19.1 Å². The van der Waals surface area contributed by atoms with Crippen LogP contribution in [-0.4, -0.2) is 31.1 Å². The minimum Gasteiger partial charge on any atom is -0.484 e. The van der Waals surface area contributed by atoms with Crippen LogP contribution in [-0.2, 0) is 11.3 Å². The fraction of sp³-hybridized carbons (Fsp3) is 0.217. The Morgan fingerprint density at radius 1 is 0.871 bits per heavy atom. The highest BCUT2D eigenvalue weighted by molar-refractivity contribution is 5.98. The normalized spacial score (nSPS) is 11.2. The summed E-state index contributed by atoms with van der Waals surface area (Å²) in [5.41, 5.74) is 1.24. The molecule has 0 aliphatic carbocycles. The van der Waals surface area contributed by atoms with Crippen LogP contribution in [0.5, 0.6) is 5.75 Å². The summed E-state index contributed by atoms with van der Waals surface area (Å²) in [6, 6.07) is 19.1. The summed E-state index contributed by atoms with van der Waals surface area (Å²) in [5, 5.41) is 7.42. The van der Waals surface area contributed by atoms with Crippen LogP contribution in [0.3, 0.4) is 0 Å². The standard InChI is InChI=1S/C23H21F3N2O3/c24-23(25,26)15-31-20-9-5-16(6-10-20)14-28-21(29)11-12-27-22(30)19-8-7-17-3-1-2-4-18(17)13-19/h1-10,13H,11-12,14-15H2,(H,27,30)(H,28,29). The maximum atomic E-state index is 12.3. The van der Waals surface area contributed by atoms with Gasteiger partial charge < -0.3 is 15.4 Å². The number of alkyl halides is 3. The number of nitrogens with one attached hydrogen (secondary N) is 2. The molecule has 0 aromatic heterocycles. The van der Waals surface area contributed by atoms with E-state index in [0.29, 0.717) is 11.1 Å². The molecule has 0 atom stereocenters. The minimum atomic E-state index is -4.39. The summed E-state index contributed by atoms with van der Waals surface area (Å²) in [7, 11) is 0. The smallest absolute Gasteiger partial charge is 0.422 e. The average molecular weight is 430 g/mol. The van der Waals surface area contributed by atoms with Crippen molar-refractivity contribution >= 4 is 22.6 Å². The Kier molecular flexibility index (Phi) is 7.12. The quantitative estimate of drug-likeness (QED) is 0.563. The predicted octanol–water partition coefficient (Wildman–Crippen LogP) is 4.22. The maximum absolute atomic E-state index is 12.3. The number of hydrogen-bond acceptors (Lipinski definition) is 3. The molecule has 0 bridgehead atoms. The summed E-state index contributed by atoms with van der Waals surface area (Å²) >= 11 is 0. The molecule has 0 unspecified atom stereocenters. The lowest BCUT2D eigenvalue weighted by molar-refractivity contribution is -0.153. The second-order valence-electron chi connectivity index (χ2n) is 6.89. The second kappa shape index (κ2) is 9.97. The highest BCUT2D eigenvalue weighted by Crippen LogP contribution is 2.19. The third-order valence-electron chi connectivity index (χ3n) is 4.46. The van der Waals surface area contributed by atoms with E-state index in [0.717, 1.165) is 10.8 Å². The fourth-order valence-electron chi connectivity index (χ4n) is 2.88. The Morgan fingerprint density at radius 3 is 2.29 bits per heavy atom. The van der Waals surface area contributed by atoms with E-state index < -0.39 is 12.8 Å². The predicted molar refractivity (Wildman–Crippen MR) is 111 cm³/mol. The highest BCUT2D eigenvalue weighted by atomic mass is 19.4. The molecule has 0 spiro atoms. The van der Waals surface area contributed by atoms with Crippen LogP contribution < -0.4 is 15.4 Å². The third kappa shape index (κ3) is 7.02. The molecule has 3 aromatic carbocycles. The molecule has 2 N–H and O–H groups in total. The Labute approximate surface area is 177 Å². The number of benzene rings is 3. The molecule has 8 heteroatoms. The van der Waals surface area contributed by atoms with Crippen molar-refractivity contribution in [3.8, 4) is 5.75 Å². The number of ether oxygens (including phenoxy) is 1. The summed E-state index contributed by atoms with van der Waals surface area (Å²) in [6.07, 6.45) is -4.29. The molecule has 5 nitrogen and oxygen atoms in total. The molecule has 3 aromatic rings. The van der Waals surface area contributed by atoms with E-state index in [4.69, 9.17) is 0 Å². The zero-order valence-corrected chi connectivity index (χ0v) is 16.5. The van der Waals surface area contributed by atoms with Gasteiger partial charge in [0.25, 0.3) is 5.91 Å². The van der Waals surface area contributed by atoms with Crippen LogP contribution in [0.25, 0.3) is 10.8 Å². The van der Waals surface area contributed by atoms with Crippen molar-refractivity contribution in [1.29, 1.82) is 0 Å². The first-order valence-electron chi connectivity index (χ1n) is 9.62. The Balaban J connectivity index is 1.39. The number of carbonyl (C=O) groups excluding carboxylic acids is 2. The summed E-state index contributed by atoms with van der Waals surface area (Å²) < 4.78 is 41.1. The summed E-state index contributed by atoms with van der Waals surface area (Å²) in [6.45, 7) is -0.952. The van der Waals surface area contributed by atoms with Gasteiger partial charge in [-0.3, -0.25) is 9.59 Å². The first kappa shape index (κ1) is 22.1. The first-order valence-corrected chi connectivity index (χ1v) is 9.62. The van der Waals surface area contributed by atoms with E-state index in [-0.39, 0.29) is 37.1 Å². The van der Waals surface area contributed by atoms with Crippen LogP contribution in [0.15, 0.2) is 66.7 Å². The lowest BCUT2D eigenvalue weighted by Gasteiger charge is -2.10. The van der Waals surface area contributed by atoms with E-state index in [1.54, 1.807) is 24.3 Å². The molecular weight excluding hydrogens is 409 g/mol. The molecule has 0 saturated heterocycles. The Hall–Kier alpha value is -3.55. The van der Waals surface area contributed by atoms with Gasteiger partial charge in [0, 0.05) is 25.1 Å². The molecule has 0 aliphatic heterocycles. The molecule has 2 amide bonds. The zero-order chi connectivity index (χ0) is 22.3. The van der Waals surface area contributed by atoms with Gasteiger partial charge >= 0.3 is 6.18 Å². The lowest BCUT2D eigenvalue weighted by Crippen LogP contribution is -2.30. The number of halogens is 3. The summed E-state index contributed by atoms with van der Waals surface area (Å²) in [4.78, 5) is 24.2. The summed E-state index contributed by atoms with van der Waals surface area (Å²) in [5.74, 6) is -0.409. The van der Waals surface area contributed by atoms with E-state index in [2.05, 4.69) is 15.4 Å². The van der Waals surface area contributed by atoms with Crippen molar-refractivity contribution in [1.82, 2.24) is 10.6 Å². The third-order valence-corrected chi connectivity index (χ3v) is 4.46. The van der Waals surface area contributed by atoms with Crippen LogP contribution in [0, 0.1) is 0 Å². The molecule has 0 fully saturated rings. The largest absolute Gasteiger partial charge is 0.484 e. The average Bonchev–Trinajstić information content (AvgIpc) is 2.76. The van der Waals surface area contributed by atoms with Gasteiger partial charge in [-0.1, -0.05) is 42.5 Å². The minimum absolute atomic E-state index is 0.101. The van der Waals surface area contributed by atoms with Crippen LogP contribution >= 0.6 is 0 Å². The van der Waals surface area contributed by atoms with Gasteiger partial charge in [-0.2, -0.15) is 13.2 Å². The number of amides is 2. The SMILES string of the molecule is O=C(CCNC(=O)c1ccc2ccccc2c1)NCc1ccc(OCC(F)(F)F)cc1. The van der Waals surface area contributed by atoms with Crippen LogP contribution in [0.1, 0.15) is 22.3 Å². The Morgan fingerprint density at radius 2 is 1.58 bits per heavy atom. The molecule has 0 heterocycles. The van der Waals surface area contributed by atoms with Gasteiger partial charge in [-0.15, -0.1) is 0 Å². The number of hydrogen-bond donors (Lipinski definition) is 2. The van der Waals surface area contributed by atoms with Crippen molar-refractivity contribution < 1.29 is 27.5 Å². The van der Waals surface area contributed by atoms with Gasteiger partial charge in [0.15, 0.2) is 6.61 Å². The fourth-order valence-corrected chi connectivity index (χ4v) is 2.88. The number of fused-ring (bicyclic) bond motifs is 1. The molecule has 0 aliphatic rings. The maximum Gasteiger partial charge on any atom is 0.422 e. The molecule has 0 saturated carbocycles. The molecule has 0 radical (unpaired) electrons. The van der Waals surface area contributed by atoms with Crippen LogP contribution in [0.4, 0.5) is 13.2 Å². The highest BCUT2D eigenvalue weighted by Gasteiger charge is 2.28. The van der Waals surface area contributed by atoms with E-state index in [1.807, 2.05) is 30.3 Å². The van der Waals surface area contributed by atoms with E-state index in [1.165, 1.54) is 12.1 Å². The molecular formula is C23H21F3N2O3. The van der Waals surface area contributed by atoms with Gasteiger partial charge in [-0.05, 0) is 40.6 Å². The number of rotatable bonds is 8. The van der Waals surface area contributed by atoms with Gasteiger partial charge in [-0.25, -0.2) is 0 Å². The van der Waals surface area contributed by atoms with Gasteiger partial charge in [0.05, 0.1) is 0 Å².